The fraction of sp³-hybridized carbons (Fsp3) is 0.467. The van der Waals surface area contributed by atoms with Crippen LogP contribution in [0, 0.1) is 0 Å². The number of methoxy groups -OCH3 is 1. The van der Waals surface area contributed by atoms with Gasteiger partial charge in [-0.25, -0.2) is 0 Å². The number of carbonyl (C=O) groups excluding carboxylic acids is 2. The molecule has 21 heavy (non-hydrogen) atoms. The first-order valence-corrected chi connectivity index (χ1v) is 7.06. The minimum atomic E-state index is -0.200. The van der Waals surface area contributed by atoms with Crippen LogP contribution in [-0.2, 0) is 4.79 Å². The highest BCUT2D eigenvalue weighted by molar-refractivity contribution is 5.97. The van der Waals surface area contributed by atoms with Crippen LogP contribution in [0.15, 0.2) is 18.2 Å². The van der Waals surface area contributed by atoms with E-state index >= 15 is 0 Å². The average Bonchev–Trinajstić information content (AvgIpc) is 2.87. The molecule has 1 N–H and O–H groups in total. The minimum absolute atomic E-state index is 0.0794. The van der Waals surface area contributed by atoms with Crippen molar-refractivity contribution in [2.24, 2.45) is 0 Å². The highest BCUT2D eigenvalue weighted by atomic mass is 16.5. The van der Waals surface area contributed by atoms with Gasteiger partial charge in [-0.3, -0.25) is 9.59 Å². The van der Waals surface area contributed by atoms with E-state index in [-0.39, 0.29) is 29.2 Å². The van der Waals surface area contributed by atoms with Crippen molar-refractivity contribution in [2.45, 2.75) is 18.9 Å². The molecule has 1 unspecified atom stereocenters. The van der Waals surface area contributed by atoms with Gasteiger partial charge in [-0.15, -0.1) is 0 Å². The van der Waals surface area contributed by atoms with E-state index in [2.05, 4.69) is 0 Å². The molecule has 0 aromatic heterocycles. The lowest BCUT2D eigenvalue weighted by Crippen LogP contribution is -2.53. The molecule has 2 saturated heterocycles. The van der Waals surface area contributed by atoms with Gasteiger partial charge in [-0.05, 0) is 18.6 Å². The van der Waals surface area contributed by atoms with Crippen LogP contribution in [0.3, 0.4) is 0 Å². The molecule has 2 fully saturated rings. The largest absolute Gasteiger partial charge is 0.507 e. The van der Waals surface area contributed by atoms with Gasteiger partial charge in [-0.1, -0.05) is 0 Å². The van der Waals surface area contributed by atoms with E-state index in [9.17, 15) is 14.7 Å². The van der Waals surface area contributed by atoms with E-state index in [1.165, 1.54) is 13.2 Å². The van der Waals surface area contributed by atoms with Crippen LogP contribution in [0.2, 0.25) is 0 Å². The van der Waals surface area contributed by atoms with E-state index in [0.717, 1.165) is 6.42 Å². The number of piperazine rings is 1. The molecule has 6 heteroatoms. The Labute approximate surface area is 122 Å². The summed E-state index contributed by atoms with van der Waals surface area (Å²) in [5.41, 5.74) is 0.272. The Bertz CT molecular complexity index is 587. The second-order valence-electron chi connectivity index (χ2n) is 5.41. The number of rotatable bonds is 2. The van der Waals surface area contributed by atoms with Gasteiger partial charge in [0.2, 0.25) is 5.91 Å². The standard InChI is InChI=1S/C15H18N2O4/c1-21-11-3-4-12(13(18)8-11)15(20)16-6-7-17-10(9-16)2-5-14(17)19/h3-4,8,10,18H,2,5-7,9H2,1H3. The summed E-state index contributed by atoms with van der Waals surface area (Å²) < 4.78 is 5.01. The second-order valence-corrected chi connectivity index (χ2v) is 5.41. The first kappa shape index (κ1) is 13.7. The molecule has 1 aromatic carbocycles. The molecule has 1 aromatic rings. The van der Waals surface area contributed by atoms with E-state index in [0.29, 0.717) is 31.8 Å². The van der Waals surface area contributed by atoms with Crippen LogP contribution in [0.25, 0.3) is 0 Å². The van der Waals surface area contributed by atoms with Crippen molar-refractivity contribution in [3.8, 4) is 11.5 Å². The number of phenolic OH excluding ortho intramolecular Hbond substituents is 1. The lowest BCUT2D eigenvalue weighted by Gasteiger charge is -2.37. The average molecular weight is 290 g/mol. The van der Waals surface area contributed by atoms with E-state index in [1.807, 2.05) is 4.90 Å². The number of carbonyl (C=O) groups is 2. The van der Waals surface area contributed by atoms with Gasteiger partial charge in [0.15, 0.2) is 0 Å². The normalized spacial score (nSPS) is 21.4. The fourth-order valence-electron chi connectivity index (χ4n) is 3.04. The molecule has 6 nitrogen and oxygen atoms in total. The quantitative estimate of drug-likeness (QED) is 0.876. The molecule has 0 saturated carbocycles. The monoisotopic (exact) mass is 290 g/mol. The third kappa shape index (κ3) is 2.41. The Morgan fingerprint density at radius 3 is 2.90 bits per heavy atom. The van der Waals surface area contributed by atoms with Crippen LogP contribution in [0.5, 0.6) is 11.5 Å². The third-order valence-electron chi connectivity index (χ3n) is 4.22. The SMILES string of the molecule is COc1ccc(C(=O)N2CCN3C(=O)CCC3C2)c(O)c1. The maximum absolute atomic E-state index is 12.5. The van der Waals surface area contributed by atoms with Crippen molar-refractivity contribution < 1.29 is 19.4 Å². The van der Waals surface area contributed by atoms with Crippen molar-refractivity contribution in [3.05, 3.63) is 23.8 Å². The zero-order chi connectivity index (χ0) is 15.0. The maximum Gasteiger partial charge on any atom is 0.257 e. The summed E-state index contributed by atoms with van der Waals surface area (Å²) in [6.45, 7) is 1.62. The highest BCUT2D eigenvalue weighted by Gasteiger charge is 2.37. The van der Waals surface area contributed by atoms with Crippen LogP contribution in [0.4, 0.5) is 0 Å². The van der Waals surface area contributed by atoms with E-state index in [4.69, 9.17) is 4.74 Å². The summed E-state index contributed by atoms with van der Waals surface area (Å²) in [4.78, 5) is 27.7. The molecule has 0 aliphatic carbocycles. The number of amides is 2. The molecule has 0 bridgehead atoms. The van der Waals surface area contributed by atoms with E-state index in [1.54, 1.807) is 17.0 Å². The van der Waals surface area contributed by atoms with Crippen molar-refractivity contribution in [3.63, 3.8) is 0 Å². The molecule has 0 radical (unpaired) electrons. The van der Waals surface area contributed by atoms with Gasteiger partial charge in [0.1, 0.15) is 11.5 Å². The Balaban J connectivity index is 1.75. The Morgan fingerprint density at radius 1 is 1.38 bits per heavy atom. The molecular weight excluding hydrogens is 272 g/mol. The Hall–Kier alpha value is -2.24. The fourth-order valence-corrected chi connectivity index (χ4v) is 3.04. The summed E-state index contributed by atoms with van der Waals surface area (Å²) in [6, 6.07) is 4.78. The lowest BCUT2D eigenvalue weighted by atomic mass is 10.1. The summed E-state index contributed by atoms with van der Waals surface area (Å²) in [6.07, 6.45) is 1.37. The van der Waals surface area contributed by atoms with E-state index < -0.39 is 0 Å². The number of phenols is 1. The number of aromatic hydroxyl groups is 1. The molecule has 112 valence electrons. The Morgan fingerprint density at radius 2 is 2.19 bits per heavy atom. The molecular formula is C15H18N2O4. The van der Waals surface area contributed by atoms with Gasteiger partial charge in [0, 0.05) is 38.2 Å². The van der Waals surface area contributed by atoms with Crippen LogP contribution < -0.4 is 4.74 Å². The first-order valence-electron chi connectivity index (χ1n) is 7.06. The minimum Gasteiger partial charge on any atom is -0.507 e. The van der Waals surface area contributed by atoms with Crippen LogP contribution in [-0.4, -0.2) is 59.5 Å². The van der Waals surface area contributed by atoms with Gasteiger partial charge in [0.25, 0.3) is 5.91 Å². The molecule has 2 heterocycles. The topological polar surface area (TPSA) is 70.1 Å². The number of hydrogen-bond donors (Lipinski definition) is 1. The number of nitrogens with zero attached hydrogens (tertiary/aromatic N) is 2. The van der Waals surface area contributed by atoms with Crippen molar-refractivity contribution in [2.75, 3.05) is 26.7 Å². The zero-order valence-electron chi connectivity index (χ0n) is 11.9. The number of benzene rings is 1. The smallest absolute Gasteiger partial charge is 0.257 e. The van der Waals surface area contributed by atoms with Crippen molar-refractivity contribution >= 4 is 11.8 Å². The number of hydrogen-bond acceptors (Lipinski definition) is 4. The van der Waals surface area contributed by atoms with Crippen molar-refractivity contribution in [1.29, 1.82) is 0 Å². The molecule has 1 atom stereocenters. The molecule has 0 spiro atoms. The molecule has 2 amide bonds. The summed E-state index contributed by atoms with van der Waals surface area (Å²) in [7, 11) is 1.51. The highest BCUT2D eigenvalue weighted by Crippen LogP contribution is 2.27. The predicted octanol–water partition coefficient (Wildman–Crippen LogP) is 0.848. The maximum atomic E-state index is 12.5. The van der Waals surface area contributed by atoms with Gasteiger partial charge >= 0.3 is 0 Å². The Kier molecular flexibility index (Phi) is 3.45. The van der Waals surface area contributed by atoms with Gasteiger partial charge in [0.05, 0.1) is 12.7 Å². The molecule has 3 rings (SSSR count). The summed E-state index contributed by atoms with van der Waals surface area (Å²) in [5, 5.41) is 9.96. The summed E-state index contributed by atoms with van der Waals surface area (Å²) in [5.74, 6) is 0.410. The van der Waals surface area contributed by atoms with Gasteiger partial charge in [-0.2, -0.15) is 0 Å². The lowest BCUT2D eigenvalue weighted by molar-refractivity contribution is -0.130. The molecule has 2 aliphatic heterocycles. The second kappa shape index (κ2) is 5.27. The van der Waals surface area contributed by atoms with Gasteiger partial charge < -0.3 is 19.6 Å². The van der Waals surface area contributed by atoms with Crippen LogP contribution in [0.1, 0.15) is 23.2 Å². The van der Waals surface area contributed by atoms with Crippen LogP contribution >= 0.6 is 0 Å². The predicted molar refractivity (Wildman–Crippen MR) is 75.3 cm³/mol. The third-order valence-corrected chi connectivity index (χ3v) is 4.22. The van der Waals surface area contributed by atoms with Crippen molar-refractivity contribution in [1.82, 2.24) is 9.80 Å². The molecule has 2 aliphatic rings. The number of fused-ring (bicyclic) bond motifs is 1. The first-order chi connectivity index (χ1) is 10.1. The number of ether oxygens (including phenoxy) is 1. The zero-order valence-corrected chi connectivity index (χ0v) is 11.9. The summed E-state index contributed by atoms with van der Waals surface area (Å²) >= 11 is 0.